The number of rotatable bonds is 8. The minimum atomic E-state index is -3.61. The summed E-state index contributed by atoms with van der Waals surface area (Å²) in [5, 5.41) is 3.31. The molecule has 5 nitrogen and oxygen atoms in total. The van der Waals surface area contributed by atoms with Crippen LogP contribution in [0.4, 0.5) is 5.69 Å². The highest BCUT2D eigenvalue weighted by Crippen LogP contribution is 2.26. The monoisotopic (exact) mass is 388 g/mol. The van der Waals surface area contributed by atoms with Crippen LogP contribution in [0.2, 0.25) is 0 Å². The van der Waals surface area contributed by atoms with Crippen molar-refractivity contribution in [3.63, 3.8) is 0 Å². The van der Waals surface area contributed by atoms with E-state index in [0.717, 1.165) is 44.5 Å². The van der Waals surface area contributed by atoms with Crippen LogP contribution < -0.4 is 14.4 Å². The first-order chi connectivity index (χ1) is 13.1. The zero-order valence-electron chi connectivity index (χ0n) is 15.8. The summed E-state index contributed by atoms with van der Waals surface area (Å²) in [6, 6.07) is 16.1. The number of piperidine rings is 1. The first-order valence-corrected chi connectivity index (χ1v) is 11.1. The maximum atomic E-state index is 13.2. The van der Waals surface area contributed by atoms with E-state index in [9.17, 15) is 8.42 Å². The predicted octanol–water partition coefficient (Wildman–Crippen LogP) is 3.81. The minimum Gasteiger partial charge on any atom is -0.490 e. The summed E-state index contributed by atoms with van der Waals surface area (Å²) in [7, 11) is -3.61. The second kappa shape index (κ2) is 9.24. The lowest BCUT2D eigenvalue weighted by Gasteiger charge is -2.25. The molecule has 2 aromatic carbocycles. The average Bonchev–Trinajstić information content (AvgIpc) is 2.70. The molecule has 0 bridgehead atoms. The lowest BCUT2D eigenvalue weighted by atomic mass is 10.1. The molecule has 0 amide bonds. The molecule has 146 valence electrons. The molecule has 1 heterocycles. The zero-order valence-corrected chi connectivity index (χ0v) is 16.6. The third kappa shape index (κ3) is 5.02. The van der Waals surface area contributed by atoms with Gasteiger partial charge >= 0.3 is 0 Å². The predicted molar refractivity (Wildman–Crippen MR) is 109 cm³/mol. The third-order valence-electron chi connectivity index (χ3n) is 4.76. The number of anilines is 1. The molecule has 1 aliphatic rings. The summed E-state index contributed by atoms with van der Waals surface area (Å²) in [6.07, 6.45) is 3.88. The highest BCUT2D eigenvalue weighted by atomic mass is 32.2. The molecule has 2 aromatic rings. The molecule has 1 saturated heterocycles. The maximum absolute atomic E-state index is 13.2. The van der Waals surface area contributed by atoms with Crippen LogP contribution >= 0.6 is 0 Å². The number of hydrogen-bond donors (Lipinski definition) is 1. The van der Waals surface area contributed by atoms with Crippen LogP contribution in [0.1, 0.15) is 32.6 Å². The Hall–Kier alpha value is -2.05. The van der Waals surface area contributed by atoms with E-state index in [2.05, 4.69) is 12.2 Å². The molecular weight excluding hydrogens is 360 g/mol. The maximum Gasteiger partial charge on any atom is 0.264 e. The first-order valence-electron chi connectivity index (χ1n) is 9.66. The fourth-order valence-corrected chi connectivity index (χ4v) is 4.71. The van der Waals surface area contributed by atoms with E-state index in [1.807, 2.05) is 30.3 Å². The average molecular weight is 389 g/mol. The number of para-hydroxylation sites is 1. The smallest absolute Gasteiger partial charge is 0.264 e. The Kier molecular flexibility index (Phi) is 6.74. The van der Waals surface area contributed by atoms with Gasteiger partial charge in [-0.25, -0.2) is 8.42 Å². The highest BCUT2D eigenvalue weighted by Gasteiger charge is 2.24. The van der Waals surface area contributed by atoms with Crippen LogP contribution in [0, 0.1) is 0 Å². The molecule has 0 atom stereocenters. The molecule has 0 unspecified atom stereocenters. The van der Waals surface area contributed by atoms with Gasteiger partial charge in [-0.05, 0) is 68.8 Å². The van der Waals surface area contributed by atoms with Gasteiger partial charge in [0, 0.05) is 6.54 Å². The second-order valence-electron chi connectivity index (χ2n) is 6.80. The number of nitrogens with one attached hydrogen (secondary N) is 1. The summed E-state index contributed by atoms with van der Waals surface area (Å²) in [4.78, 5) is 0.292. The van der Waals surface area contributed by atoms with Gasteiger partial charge in [-0.2, -0.15) is 0 Å². The molecular formula is C21H28N2O3S. The number of benzene rings is 2. The van der Waals surface area contributed by atoms with Crippen LogP contribution in [0.5, 0.6) is 5.75 Å². The molecule has 1 aliphatic heterocycles. The van der Waals surface area contributed by atoms with Gasteiger partial charge in [0.05, 0.1) is 10.6 Å². The molecule has 0 radical (unpaired) electrons. The van der Waals surface area contributed by atoms with Gasteiger partial charge < -0.3 is 10.1 Å². The van der Waals surface area contributed by atoms with Gasteiger partial charge in [0.15, 0.2) is 0 Å². The quantitative estimate of drug-likeness (QED) is 0.747. The number of sulfonamides is 1. The number of nitrogens with zero attached hydrogens (tertiary/aromatic N) is 1. The van der Waals surface area contributed by atoms with Gasteiger partial charge in [0.2, 0.25) is 0 Å². The molecule has 0 aliphatic carbocycles. The SMILES string of the molecule is CCCCN(c1ccccc1)S(=O)(=O)c1ccc(OC2CCNCC2)cc1. The largest absolute Gasteiger partial charge is 0.490 e. The van der Waals surface area contributed by atoms with Crippen molar-refractivity contribution in [2.75, 3.05) is 23.9 Å². The Balaban J connectivity index is 1.79. The van der Waals surface area contributed by atoms with Gasteiger partial charge in [-0.3, -0.25) is 4.31 Å². The van der Waals surface area contributed by atoms with Crippen LogP contribution in [0.25, 0.3) is 0 Å². The van der Waals surface area contributed by atoms with Crippen molar-refractivity contribution in [1.82, 2.24) is 5.32 Å². The van der Waals surface area contributed by atoms with Crippen molar-refractivity contribution in [2.24, 2.45) is 0 Å². The Morgan fingerprint density at radius 2 is 1.70 bits per heavy atom. The lowest BCUT2D eigenvalue weighted by Crippen LogP contribution is -2.34. The van der Waals surface area contributed by atoms with Crippen LogP contribution in [-0.2, 0) is 10.0 Å². The summed E-state index contributed by atoms with van der Waals surface area (Å²) in [6.45, 7) is 4.44. The van der Waals surface area contributed by atoms with E-state index in [1.54, 1.807) is 24.3 Å². The number of ether oxygens (including phenoxy) is 1. The molecule has 0 aromatic heterocycles. The summed E-state index contributed by atoms with van der Waals surface area (Å²) < 4.78 is 33.9. The van der Waals surface area contributed by atoms with Crippen molar-refractivity contribution in [3.05, 3.63) is 54.6 Å². The summed E-state index contributed by atoms with van der Waals surface area (Å²) in [5.41, 5.74) is 0.695. The fourth-order valence-electron chi connectivity index (χ4n) is 3.21. The van der Waals surface area contributed by atoms with Crippen molar-refractivity contribution >= 4 is 15.7 Å². The van der Waals surface area contributed by atoms with E-state index in [4.69, 9.17) is 4.74 Å². The number of hydrogen-bond acceptors (Lipinski definition) is 4. The molecule has 3 rings (SSSR count). The van der Waals surface area contributed by atoms with Crippen LogP contribution in [0.3, 0.4) is 0 Å². The summed E-state index contributed by atoms with van der Waals surface area (Å²) >= 11 is 0. The van der Waals surface area contributed by atoms with Gasteiger partial charge in [0.1, 0.15) is 11.9 Å². The Labute approximate surface area is 162 Å². The van der Waals surface area contributed by atoms with Crippen LogP contribution in [-0.4, -0.2) is 34.2 Å². The Morgan fingerprint density at radius 1 is 1.04 bits per heavy atom. The first kappa shape index (κ1) is 19.7. The highest BCUT2D eigenvalue weighted by molar-refractivity contribution is 7.92. The van der Waals surface area contributed by atoms with E-state index in [1.165, 1.54) is 4.31 Å². The number of unbranched alkanes of at least 4 members (excludes halogenated alkanes) is 1. The van der Waals surface area contributed by atoms with Crippen molar-refractivity contribution in [2.45, 2.75) is 43.6 Å². The minimum absolute atomic E-state index is 0.194. The van der Waals surface area contributed by atoms with Crippen molar-refractivity contribution in [1.29, 1.82) is 0 Å². The fraction of sp³-hybridized carbons (Fsp3) is 0.429. The molecule has 1 fully saturated rings. The van der Waals surface area contributed by atoms with Gasteiger partial charge in [0.25, 0.3) is 10.0 Å². The van der Waals surface area contributed by atoms with E-state index >= 15 is 0 Å². The van der Waals surface area contributed by atoms with E-state index < -0.39 is 10.0 Å². The standard InChI is InChI=1S/C21H28N2O3S/c1-2-3-17-23(18-7-5-4-6-8-18)27(24,25)21-11-9-19(10-12-21)26-20-13-15-22-16-14-20/h4-12,20,22H,2-3,13-17H2,1H3. The zero-order chi connectivity index (χ0) is 19.1. The third-order valence-corrected chi connectivity index (χ3v) is 6.60. The van der Waals surface area contributed by atoms with Crippen molar-refractivity contribution in [3.8, 4) is 5.75 Å². The molecule has 1 N–H and O–H groups in total. The molecule has 0 saturated carbocycles. The van der Waals surface area contributed by atoms with Gasteiger partial charge in [-0.15, -0.1) is 0 Å². The lowest BCUT2D eigenvalue weighted by molar-refractivity contribution is 0.162. The van der Waals surface area contributed by atoms with Crippen molar-refractivity contribution < 1.29 is 13.2 Å². The Bertz CT molecular complexity index is 801. The normalized spacial score (nSPS) is 15.4. The molecule has 27 heavy (non-hydrogen) atoms. The Morgan fingerprint density at radius 3 is 2.33 bits per heavy atom. The topological polar surface area (TPSA) is 58.6 Å². The summed E-state index contributed by atoms with van der Waals surface area (Å²) in [5.74, 6) is 0.723. The van der Waals surface area contributed by atoms with Gasteiger partial charge in [-0.1, -0.05) is 31.5 Å². The van der Waals surface area contributed by atoms with E-state index in [0.29, 0.717) is 17.1 Å². The van der Waals surface area contributed by atoms with E-state index in [-0.39, 0.29) is 6.10 Å². The van der Waals surface area contributed by atoms with Crippen LogP contribution in [0.15, 0.2) is 59.5 Å². The second-order valence-corrected chi connectivity index (χ2v) is 8.67. The molecule has 6 heteroatoms. The molecule has 0 spiro atoms.